The van der Waals surface area contributed by atoms with Crippen molar-refractivity contribution in [3.05, 3.63) is 90.0 Å². The Kier molecular flexibility index (Phi) is 5.27. The molecule has 0 aliphatic heterocycles. The van der Waals surface area contributed by atoms with Crippen LogP contribution >= 0.6 is 0 Å². The minimum atomic E-state index is -4.93. The highest BCUT2D eigenvalue weighted by atomic mass is 19.4. The average molecular weight is 339 g/mol. The summed E-state index contributed by atoms with van der Waals surface area (Å²) in [4.78, 5) is 0. The van der Waals surface area contributed by atoms with E-state index < -0.39 is 12.4 Å². The van der Waals surface area contributed by atoms with Gasteiger partial charge in [-0.25, -0.2) is 0 Å². The van der Waals surface area contributed by atoms with Gasteiger partial charge in [0, 0.05) is 0 Å². The Balaban J connectivity index is 1.60. The molecule has 0 radical (unpaired) electrons. The van der Waals surface area contributed by atoms with Crippen LogP contribution in [0, 0.1) is 0 Å². The van der Waals surface area contributed by atoms with Crippen molar-refractivity contribution in [1.82, 2.24) is 0 Å². The fraction of sp³-hybridized carbons (Fsp3) is 0.143. The first-order chi connectivity index (χ1) is 12.0. The summed E-state index contributed by atoms with van der Waals surface area (Å²) in [5.41, 5.74) is 3.77. The molecule has 0 nitrogen and oxygen atoms in total. The Bertz CT molecular complexity index is 791. The molecule has 0 fully saturated rings. The Morgan fingerprint density at radius 2 is 1.04 bits per heavy atom. The molecule has 0 heterocycles. The van der Waals surface area contributed by atoms with Crippen LogP contribution in [0.4, 0.5) is 12.9 Å². The van der Waals surface area contributed by atoms with Crippen LogP contribution < -0.4 is 5.46 Å². The minimum absolute atomic E-state index is 0.554. The van der Waals surface area contributed by atoms with Gasteiger partial charge >= 0.3 is 6.98 Å². The van der Waals surface area contributed by atoms with Crippen molar-refractivity contribution in [1.29, 1.82) is 0 Å². The SMILES string of the molecule is F[B-](F)(F)c1ccc(-c2ccc(CCCc3ccccc3)cc2)cc1. The van der Waals surface area contributed by atoms with Crippen LogP contribution in [-0.4, -0.2) is 6.98 Å². The third kappa shape index (κ3) is 4.75. The highest BCUT2D eigenvalue weighted by molar-refractivity contribution is 6.73. The molecule has 128 valence electrons. The van der Waals surface area contributed by atoms with Gasteiger partial charge in [0.15, 0.2) is 0 Å². The lowest BCUT2D eigenvalue weighted by Gasteiger charge is -2.15. The quantitative estimate of drug-likeness (QED) is 0.514. The third-order valence-electron chi connectivity index (χ3n) is 4.35. The highest BCUT2D eigenvalue weighted by Crippen LogP contribution is 2.21. The monoisotopic (exact) mass is 339 g/mol. The van der Waals surface area contributed by atoms with Crippen LogP contribution in [0.2, 0.25) is 0 Å². The molecule has 3 rings (SSSR count). The summed E-state index contributed by atoms with van der Waals surface area (Å²) in [5, 5.41) is 0. The van der Waals surface area contributed by atoms with Gasteiger partial charge in [0.05, 0.1) is 0 Å². The Labute approximate surface area is 146 Å². The van der Waals surface area contributed by atoms with E-state index in [9.17, 15) is 12.9 Å². The van der Waals surface area contributed by atoms with Crippen molar-refractivity contribution in [3.63, 3.8) is 0 Å². The first-order valence-electron chi connectivity index (χ1n) is 8.45. The molecule has 0 spiro atoms. The Hall–Kier alpha value is -2.49. The van der Waals surface area contributed by atoms with Gasteiger partial charge in [0.25, 0.3) is 0 Å². The van der Waals surface area contributed by atoms with Crippen LogP contribution in [-0.2, 0) is 12.8 Å². The van der Waals surface area contributed by atoms with Gasteiger partial charge in [0.1, 0.15) is 0 Å². The molecular weight excluding hydrogens is 320 g/mol. The van der Waals surface area contributed by atoms with Crippen LogP contribution in [0.5, 0.6) is 0 Å². The summed E-state index contributed by atoms with van der Waals surface area (Å²) in [6, 6.07) is 23.8. The predicted octanol–water partition coefficient (Wildman–Crippen LogP) is 5.58. The van der Waals surface area contributed by atoms with Crippen LogP contribution in [0.15, 0.2) is 78.9 Å². The maximum absolute atomic E-state index is 12.7. The topological polar surface area (TPSA) is 0 Å². The molecule has 3 aromatic carbocycles. The normalized spacial score (nSPS) is 11.5. The second kappa shape index (κ2) is 7.60. The first kappa shape index (κ1) is 17.3. The number of rotatable bonds is 6. The summed E-state index contributed by atoms with van der Waals surface area (Å²) in [5.74, 6) is 0. The second-order valence-corrected chi connectivity index (χ2v) is 6.23. The second-order valence-electron chi connectivity index (χ2n) is 6.23. The molecular formula is C21H19BF3-. The summed E-state index contributed by atoms with van der Waals surface area (Å²) < 4.78 is 38.0. The number of benzene rings is 3. The largest absolute Gasteiger partial charge is 0.509 e. The molecule has 4 heteroatoms. The number of aryl methyl sites for hydroxylation is 2. The number of hydrogen-bond acceptors (Lipinski definition) is 0. The van der Waals surface area contributed by atoms with Crippen molar-refractivity contribution in [2.24, 2.45) is 0 Å². The Morgan fingerprint density at radius 3 is 1.56 bits per heavy atom. The van der Waals surface area contributed by atoms with E-state index in [0.717, 1.165) is 42.5 Å². The van der Waals surface area contributed by atoms with Crippen molar-refractivity contribution in [2.45, 2.75) is 19.3 Å². The summed E-state index contributed by atoms with van der Waals surface area (Å²) >= 11 is 0. The summed E-state index contributed by atoms with van der Waals surface area (Å²) in [7, 11) is 0. The molecule has 0 aliphatic rings. The van der Waals surface area contributed by atoms with Gasteiger partial charge in [0.2, 0.25) is 0 Å². The third-order valence-corrected chi connectivity index (χ3v) is 4.35. The van der Waals surface area contributed by atoms with Gasteiger partial charge in [-0.2, -0.15) is 0 Å². The lowest BCUT2D eigenvalue weighted by molar-refractivity contribution is 0.501. The van der Waals surface area contributed by atoms with E-state index >= 15 is 0 Å². The van der Waals surface area contributed by atoms with E-state index in [2.05, 4.69) is 36.4 Å². The molecule has 3 aromatic rings. The van der Waals surface area contributed by atoms with Gasteiger partial charge in [-0.15, -0.1) is 5.46 Å². The molecule has 0 unspecified atom stereocenters. The van der Waals surface area contributed by atoms with Crippen LogP contribution in [0.1, 0.15) is 17.5 Å². The van der Waals surface area contributed by atoms with Crippen molar-refractivity contribution in [2.75, 3.05) is 0 Å². The molecule has 0 aromatic heterocycles. The van der Waals surface area contributed by atoms with Gasteiger partial charge in [-0.05, 0) is 41.5 Å². The van der Waals surface area contributed by atoms with E-state index in [0.29, 0.717) is 0 Å². The van der Waals surface area contributed by atoms with E-state index in [1.54, 1.807) is 0 Å². The molecule has 0 bridgehead atoms. The Morgan fingerprint density at radius 1 is 0.560 bits per heavy atom. The summed E-state index contributed by atoms with van der Waals surface area (Å²) in [6.07, 6.45) is 3.11. The maximum atomic E-state index is 12.7. The molecule has 0 aliphatic carbocycles. The average Bonchev–Trinajstić information content (AvgIpc) is 2.63. The van der Waals surface area contributed by atoms with Gasteiger partial charge in [-0.1, -0.05) is 78.9 Å². The van der Waals surface area contributed by atoms with Crippen LogP contribution in [0.3, 0.4) is 0 Å². The molecule has 25 heavy (non-hydrogen) atoms. The fourth-order valence-corrected chi connectivity index (χ4v) is 2.90. The van der Waals surface area contributed by atoms with E-state index in [4.69, 9.17) is 0 Å². The van der Waals surface area contributed by atoms with Gasteiger partial charge in [-0.3, -0.25) is 0 Å². The summed E-state index contributed by atoms with van der Waals surface area (Å²) in [6.45, 7) is -4.93. The van der Waals surface area contributed by atoms with E-state index in [1.165, 1.54) is 23.3 Å². The van der Waals surface area contributed by atoms with Crippen molar-refractivity contribution >= 4 is 12.4 Å². The smallest absolute Gasteiger partial charge is 0.445 e. The highest BCUT2D eigenvalue weighted by Gasteiger charge is 2.24. The van der Waals surface area contributed by atoms with E-state index in [1.807, 2.05) is 18.2 Å². The van der Waals surface area contributed by atoms with Gasteiger partial charge < -0.3 is 12.9 Å². The number of hydrogen-bond donors (Lipinski definition) is 0. The zero-order chi connectivity index (χ0) is 17.7. The number of halogens is 3. The molecule has 0 amide bonds. The van der Waals surface area contributed by atoms with Crippen molar-refractivity contribution < 1.29 is 12.9 Å². The fourth-order valence-electron chi connectivity index (χ4n) is 2.90. The molecule has 0 N–H and O–H groups in total. The predicted molar refractivity (Wildman–Crippen MR) is 99.1 cm³/mol. The zero-order valence-corrected chi connectivity index (χ0v) is 13.8. The standard InChI is InChI=1S/C21H19BF3/c23-22(24,25)21-15-13-20(14-16-21)19-11-9-18(10-12-19)8-4-7-17-5-2-1-3-6-17/h1-3,5-6,9-16H,4,7-8H2/q-1. The lowest BCUT2D eigenvalue weighted by atomic mass is 9.79. The molecule has 0 saturated heterocycles. The minimum Gasteiger partial charge on any atom is -0.445 e. The maximum Gasteiger partial charge on any atom is 0.509 e. The lowest BCUT2D eigenvalue weighted by Crippen LogP contribution is -2.33. The van der Waals surface area contributed by atoms with Crippen LogP contribution in [0.25, 0.3) is 11.1 Å². The van der Waals surface area contributed by atoms with E-state index in [-0.39, 0.29) is 0 Å². The molecule has 0 saturated carbocycles. The van der Waals surface area contributed by atoms with Crippen molar-refractivity contribution in [3.8, 4) is 11.1 Å². The molecule has 0 atom stereocenters. The zero-order valence-electron chi connectivity index (χ0n) is 13.8. The first-order valence-corrected chi connectivity index (χ1v) is 8.45.